The predicted molar refractivity (Wildman–Crippen MR) is 91.3 cm³/mol. The Hall–Kier alpha value is -2.18. The van der Waals surface area contributed by atoms with Crippen LogP contribution in [0.25, 0.3) is 0 Å². The van der Waals surface area contributed by atoms with Crippen molar-refractivity contribution in [3.8, 4) is 5.75 Å². The Morgan fingerprint density at radius 2 is 2.29 bits per heavy atom. The summed E-state index contributed by atoms with van der Waals surface area (Å²) >= 11 is 0. The third kappa shape index (κ3) is 3.83. The minimum atomic E-state index is -0.397. The number of methoxy groups -OCH3 is 1. The van der Waals surface area contributed by atoms with Crippen molar-refractivity contribution >= 4 is 0 Å². The van der Waals surface area contributed by atoms with Crippen molar-refractivity contribution in [1.82, 2.24) is 14.9 Å². The zero-order valence-corrected chi connectivity index (χ0v) is 14.1. The summed E-state index contributed by atoms with van der Waals surface area (Å²) in [5, 5.41) is 9.52. The van der Waals surface area contributed by atoms with Gasteiger partial charge in [-0.3, -0.25) is 9.69 Å². The lowest BCUT2D eigenvalue weighted by Gasteiger charge is -2.28. The molecular weight excluding hydrogens is 306 g/mol. The van der Waals surface area contributed by atoms with Crippen LogP contribution in [-0.2, 0) is 19.4 Å². The van der Waals surface area contributed by atoms with Gasteiger partial charge < -0.3 is 14.8 Å². The van der Waals surface area contributed by atoms with Gasteiger partial charge in [0.1, 0.15) is 11.6 Å². The molecule has 0 spiro atoms. The van der Waals surface area contributed by atoms with Gasteiger partial charge in [0.25, 0.3) is 5.56 Å². The Kier molecular flexibility index (Phi) is 4.97. The summed E-state index contributed by atoms with van der Waals surface area (Å²) in [7, 11) is 1.64. The van der Waals surface area contributed by atoms with Crippen molar-refractivity contribution in [2.45, 2.75) is 32.4 Å². The molecule has 0 amide bonds. The van der Waals surface area contributed by atoms with Crippen LogP contribution in [0, 0.1) is 0 Å². The third-order valence-electron chi connectivity index (χ3n) is 4.22. The van der Waals surface area contributed by atoms with Crippen molar-refractivity contribution in [2.75, 3.05) is 20.2 Å². The minimum Gasteiger partial charge on any atom is -0.497 e. The lowest BCUT2D eigenvalue weighted by molar-refractivity contribution is 0.118. The molecule has 0 saturated carbocycles. The standard InChI is InChI=1S/C18H23N3O3/c1-12(22)10-21-7-6-16-15(11-21)18(23)20-17(19-16)9-13-4-3-5-14(8-13)24-2/h3-5,8,12,22H,6-7,9-11H2,1-2H3,(H,19,20,23). The van der Waals surface area contributed by atoms with E-state index < -0.39 is 6.10 Å². The number of H-pyrrole nitrogens is 1. The maximum absolute atomic E-state index is 12.4. The molecule has 2 aromatic rings. The lowest BCUT2D eigenvalue weighted by atomic mass is 10.1. The van der Waals surface area contributed by atoms with E-state index in [0.29, 0.717) is 25.3 Å². The van der Waals surface area contributed by atoms with Crippen molar-refractivity contribution in [3.63, 3.8) is 0 Å². The molecule has 3 rings (SSSR count). The average molecular weight is 329 g/mol. The maximum Gasteiger partial charge on any atom is 0.255 e. The molecule has 0 fully saturated rings. The Balaban J connectivity index is 1.80. The number of aromatic nitrogens is 2. The van der Waals surface area contributed by atoms with E-state index in [2.05, 4.69) is 14.9 Å². The average Bonchev–Trinajstić information content (AvgIpc) is 2.55. The van der Waals surface area contributed by atoms with Crippen LogP contribution in [0.1, 0.15) is 29.6 Å². The highest BCUT2D eigenvalue weighted by Gasteiger charge is 2.21. The van der Waals surface area contributed by atoms with Crippen LogP contribution < -0.4 is 10.3 Å². The fourth-order valence-corrected chi connectivity index (χ4v) is 3.12. The Labute approximate surface area is 141 Å². The van der Waals surface area contributed by atoms with Crippen molar-refractivity contribution < 1.29 is 9.84 Å². The van der Waals surface area contributed by atoms with Gasteiger partial charge in [-0.1, -0.05) is 12.1 Å². The van der Waals surface area contributed by atoms with Gasteiger partial charge in [-0.05, 0) is 24.6 Å². The Bertz CT molecular complexity index is 770. The Morgan fingerprint density at radius 3 is 3.04 bits per heavy atom. The van der Waals surface area contributed by atoms with Crippen LogP contribution in [0.4, 0.5) is 0 Å². The largest absolute Gasteiger partial charge is 0.497 e. The second-order valence-corrected chi connectivity index (χ2v) is 6.30. The topological polar surface area (TPSA) is 78.5 Å². The molecule has 2 heterocycles. The van der Waals surface area contributed by atoms with Gasteiger partial charge in [-0.15, -0.1) is 0 Å². The highest BCUT2D eigenvalue weighted by molar-refractivity contribution is 5.31. The number of benzene rings is 1. The molecule has 0 bridgehead atoms. The van der Waals surface area contributed by atoms with E-state index in [-0.39, 0.29) is 5.56 Å². The lowest BCUT2D eigenvalue weighted by Crippen LogP contribution is -2.39. The first kappa shape index (κ1) is 16.7. The monoisotopic (exact) mass is 329 g/mol. The molecule has 1 aromatic carbocycles. The second-order valence-electron chi connectivity index (χ2n) is 6.30. The molecule has 1 atom stereocenters. The maximum atomic E-state index is 12.4. The minimum absolute atomic E-state index is 0.0758. The number of rotatable bonds is 5. The molecule has 24 heavy (non-hydrogen) atoms. The van der Waals surface area contributed by atoms with Crippen LogP contribution in [0.2, 0.25) is 0 Å². The Morgan fingerprint density at radius 1 is 1.46 bits per heavy atom. The van der Waals surface area contributed by atoms with Crippen molar-refractivity contribution in [3.05, 3.63) is 57.3 Å². The molecular formula is C18H23N3O3. The molecule has 128 valence electrons. The highest BCUT2D eigenvalue weighted by Crippen LogP contribution is 2.17. The van der Waals surface area contributed by atoms with Gasteiger partial charge >= 0.3 is 0 Å². The molecule has 2 N–H and O–H groups in total. The van der Waals surface area contributed by atoms with Gasteiger partial charge in [-0.25, -0.2) is 4.98 Å². The van der Waals surface area contributed by atoms with Crippen LogP contribution in [-0.4, -0.2) is 46.3 Å². The first-order chi connectivity index (χ1) is 11.5. The van der Waals surface area contributed by atoms with E-state index in [1.807, 2.05) is 24.3 Å². The smallest absolute Gasteiger partial charge is 0.255 e. The molecule has 1 aliphatic heterocycles. The van der Waals surface area contributed by atoms with Crippen LogP contribution in [0.3, 0.4) is 0 Å². The summed E-state index contributed by atoms with van der Waals surface area (Å²) in [6.07, 6.45) is 0.903. The summed E-state index contributed by atoms with van der Waals surface area (Å²) in [5.41, 5.74) is 2.56. The number of fused-ring (bicyclic) bond motifs is 1. The molecule has 0 aliphatic carbocycles. The number of ether oxygens (including phenoxy) is 1. The fourth-order valence-electron chi connectivity index (χ4n) is 3.12. The number of aromatic amines is 1. The van der Waals surface area contributed by atoms with Crippen LogP contribution >= 0.6 is 0 Å². The van der Waals surface area contributed by atoms with E-state index in [1.165, 1.54) is 0 Å². The van der Waals surface area contributed by atoms with E-state index in [4.69, 9.17) is 4.74 Å². The van der Waals surface area contributed by atoms with Crippen molar-refractivity contribution in [2.24, 2.45) is 0 Å². The molecule has 1 aromatic heterocycles. The SMILES string of the molecule is COc1cccc(Cc2nc3c(c(=O)[nH]2)CN(CC(C)O)CC3)c1. The van der Waals surface area contributed by atoms with E-state index in [1.54, 1.807) is 14.0 Å². The van der Waals surface area contributed by atoms with Gasteiger partial charge in [0.2, 0.25) is 0 Å². The van der Waals surface area contributed by atoms with Gasteiger partial charge in [0.15, 0.2) is 0 Å². The van der Waals surface area contributed by atoms with E-state index >= 15 is 0 Å². The summed E-state index contributed by atoms with van der Waals surface area (Å²) in [4.78, 5) is 22.1. The molecule has 1 aliphatic rings. The van der Waals surface area contributed by atoms with Crippen LogP contribution in [0.5, 0.6) is 5.75 Å². The number of nitrogens with one attached hydrogen (secondary N) is 1. The van der Waals surface area contributed by atoms with Gasteiger partial charge in [-0.2, -0.15) is 0 Å². The zero-order valence-electron chi connectivity index (χ0n) is 14.1. The number of hydrogen-bond donors (Lipinski definition) is 2. The van der Waals surface area contributed by atoms with E-state index in [0.717, 1.165) is 35.5 Å². The predicted octanol–water partition coefficient (Wildman–Crippen LogP) is 1.11. The third-order valence-corrected chi connectivity index (χ3v) is 4.22. The summed E-state index contributed by atoms with van der Waals surface area (Å²) in [5.74, 6) is 1.47. The fraction of sp³-hybridized carbons (Fsp3) is 0.444. The molecule has 0 saturated heterocycles. The van der Waals surface area contributed by atoms with Gasteiger partial charge in [0, 0.05) is 32.5 Å². The number of β-amino-alcohol motifs (C(OH)–C–C–N with tert-alkyl or cyclic N) is 1. The van der Waals surface area contributed by atoms with E-state index in [9.17, 15) is 9.90 Å². The summed E-state index contributed by atoms with van der Waals surface area (Å²) in [6, 6.07) is 7.76. The van der Waals surface area contributed by atoms with Crippen LogP contribution in [0.15, 0.2) is 29.1 Å². The number of aliphatic hydroxyl groups is 1. The number of hydrogen-bond acceptors (Lipinski definition) is 5. The van der Waals surface area contributed by atoms with Gasteiger partial charge in [0.05, 0.1) is 24.5 Å². The zero-order chi connectivity index (χ0) is 17.1. The first-order valence-corrected chi connectivity index (χ1v) is 8.19. The summed E-state index contributed by atoms with van der Waals surface area (Å²) in [6.45, 7) is 3.69. The highest BCUT2D eigenvalue weighted by atomic mass is 16.5. The summed E-state index contributed by atoms with van der Waals surface area (Å²) < 4.78 is 5.23. The second kappa shape index (κ2) is 7.15. The molecule has 6 heteroatoms. The normalized spacial score (nSPS) is 15.8. The number of nitrogens with zero attached hydrogens (tertiary/aromatic N) is 2. The molecule has 1 unspecified atom stereocenters. The molecule has 6 nitrogen and oxygen atoms in total. The quantitative estimate of drug-likeness (QED) is 0.859. The number of aliphatic hydroxyl groups excluding tert-OH is 1. The first-order valence-electron chi connectivity index (χ1n) is 8.19. The molecule has 0 radical (unpaired) electrons. The van der Waals surface area contributed by atoms with Crippen molar-refractivity contribution in [1.29, 1.82) is 0 Å².